The summed E-state index contributed by atoms with van der Waals surface area (Å²) in [5, 5.41) is 4.82. The van der Waals surface area contributed by atoms with Crippen molar-refractivity contribution < 1.29 is 4.79 Å². The zero-order valence-electron chi connectivity index (χ0n) is 15.7. The van der Waals surface area contributed by atoms with Gasteiger partial charge in [-0.15, -0.1) is 0 Å². The summed E-state index contributed by atoms with van der Waals surface area (Å²) < 4.78 is 2.15. The number of aromatic nitrogens is 1. The van der Waals surface area contributed by atoms with Crippen LogP contribution in [0.2, 0.25) is 5.02 Å². The van der Waals surface area contributed by atoms with Crippen LogP contribution in [0, 0.1) is 20.8 Å². The molecule has 0 saturated heterocycles. The Morgan fingerprint density at radius 1 is 1.11 bits per heavy atom. The Morgan fingerprint density at radius 2 is 1.85 bits per heavy atom. The summed E-state index contributed by atoms with van der Waals surface area (Å²) in [5.74, 6) is -0.142. The van der Waals surface area contributed by atoms with Crippen LogP contribution in [0.25, 0.3) is 5.69 Å². The minimum atomic E-state index is -0.142. The molecule has 5 heteroatoms. The van der Waals surface area contributed by atoms with Gasteiger partial charge in [0.15, 0.2) is 0 Å². The topological polar surface area (TPSA) is 46.4 Å². The number of benzene rings is 2. The summed E-state index contributed by atoms with van der Waals surface area (Å²) in [6.45, 7) is 6.13. The molecule has 0 aliphatic carbocycles. The Hall–Kier alpha value is -2.85. The van der Waals surface area contributed by atoms with Crippen molar-refractivity contribution in [1.29, 1.82) is 0 Å². The molecule has 3 aromatic rings. The van der Waals surface area contributed by atoms with E-state index in [1.54, 1.807) is 6.21 Å². The first-order valence-electron chi connectivity index (χ1n) is 8.77. The molecule has 138 valence electrons. The van der Waals surface area contributed by atoms with Gasteiger partial charge in [0.05, 0.1) is 12.6 Å². The van der Waals surface area contributed by atoms with Crippen LogP contribution < -0.4 is 5.43 Å². The molecular formula is C22H22ClN3O. The molecule has 0 radical (unpaired) electrons. The summed E-state index contributed by atoms with van der Waals surface area (Å²) in [6.07, 6.45) is 1.99. The van der Waals surface area contributed by atoms with Gasteiger partial charge in [0.2, 0.25) is 5.91 Å². The summed E-state index contributed by atoms with van der Waals surface area (Å²) in [6, 6.07) is 17.5. The molecule has 0 fully saturated rings. The van der Waals surface area contributed by atoms with E-state index in [9.17, 15) is 4.79 Å². The monoisotopic (exact) mass is 379 g/mol. The van der Waals surface area contributed by atoms with E-state index in [0.717, 1.165) is 33.8 Å². The minimum absolute atomic E-state index is 0.142. The number of amides is 1. The fourth-order valence-electron chi connectivity index (χ4n) is 3.11. The van der Waals surface area contributed by atoms with Gasteiger partial charge in [0.1, 0.15) is 0 Å². The Balaban J connectivity index is 1.75. The molecule has 3 rings (SSSR count). The number of aryl methyl sites for hydroxylation is 2. The third kappa shape index (κ3) is 4.47. The van der Waals surface area contributed by atoms with E-state index in [1.165, 1.54) is 0 Å². The Labute approximate surface area is 164 Å². The second-order valence-corrected chi connectivity index (χ2v) is 6.98. The molecular weight excluding hydrogens is 358 g/mol. The van der Waals surface area contributed by atoms with Gasteiger partial charge < -0.3 is 4.57 Å². The van der Waals surface area contributed by atoms with E-state index in [-0.39, 0.29) is 5.91 Å². The van der Waals surface area contributed by atoms with Gasteiger partial charge in [-0.25, -0.2) is 5.43 Å². The van der Waals surface area contributed by atoms with Crippen LogP contribution in [0.15, 0.2) is 59.7 Å². The smallest absolute Gasteiger partial charge is 0.244 e. The van der Waals surface area contributed by atoms with E-state index in [2.05, 4.69) is 22.0 Å². The molecule has 0 spiro atoms. The number of hydrogen-bond donors (Lipinski definition) is 1. The highest BCUT2D eigenvalue weighted by Gasteiger charge is 2.12. The maximum atomic E-state index is 12.0. The number of rotatable bonds is 5. The molecule has 0 aliphatic heterocycles. The molecule has 1 amide bonds. The molecule has 2 aromatic carbocycles. The lowest BCUT2D eigenvalue weighted by atomic mass is 10.1. The predicted molar refractivity (Wildman–Crippen MR) is 111 cm³/mol. The summed E-state index contributed by atoms with van der Waals surface area (Å²) in [5.41, 5.74) is 8.81. The van der Waals surface area contributed by atoms with Crippen molar-refractivity contribution in [3.63, 3.8) is 0 Å². The van der Waals surface area contributed by atoms with Crippen molar-refractivity contribution in [3.8, 4) is 5.69 Å². The number of hydrazone groups is 1. The highest BCUT2D eigenvalue weighted by Crippen LogP contribution is 2.25. The van der Waals surface area contributed by atoms with Gasteiger partial charge in [-0.2, -0.15) is 5.10 Å². The van der Waals surface area contributed by atoms with Crippen molar-refractivity contribution in [1.82, 2.24) is 9.99 Å². The van der Waals surface area contributed by atoms with E-state index >= 15 is 0 Å². The average molecular weight is 380 g/mol. The number of carbonyl (C=O) groups is 1. The third-order valence-corrected chi connectivity index (χ3v) is 4.72. The number of halogens is 1. The van der Waals surface area contributed by atoms with Crippen LogP contribution in [0.1, 0.15) is 28.1 Å². The summed E-state index contributed by atoms with van der Waals surface area (Å²) in [7, 11) is 0. The minimum Gasteiger partial charge on any atom is -0.318 e. The second kappa shape index (κ2) is 8.23. The third-order valence-electron chi connectivity index (χ3n) is 4.48. The molecule has 27 heavy (non-hydrogen) atoms. The predicted octanol–water partition coefficient (Wildman–Crippen LogP) is 4.75. The first-order valence-corrected chi connectivity index (χ1v) is 9.15. The maximum Gasteiger partial charge on any atom is 0.244 e. The van der Waals surface area contributed by atoms with Crippen molar-refractivity contribution >= 4 is 23.7 Å². The van der Waals surface area contributed by atoms with Gasteiger partial charge >= 0.3 is 0 Å². The normalized spacial score (nSPS) is 11.1. The molecule has 0 saturated carbocycles. The lowest BCUT2D eigenvalue weighted by molar-refractivity contribution is -0.120. The quantitative estimate of drug-likeness (QED) is 0.504. The van der Waals surface area contributed by atoms with Crippen molar-refractivity contribution in [3.05, 3.63) is 87.7 Å². The van der Waals surface area contributed by atoms with Crippen LogP contribution in [0.4, 0.5) is 0 Å². The standard InChI is InChI=1S/C22H22ClN3O/c1-15-9-10-20(23)13-21(15)26-16(2)11-19(17(26)3)14-24-25-22(27)12-18-7-5-4-6-8-18/h4-11,13-14H,12H2,1-3H3,(H,25,27)/b24-14+. The maximum absolute atomic E-state index is 12.0. The van der Waals surface area contributed by atoms with Crippen molar-refractivity contribution in [2.24, 2.45) is 5.10 Å². The van der Waals surface area contributed by atoms with Crippen molar-refractivity contribution in [2.75, 3.05) is 0 Å². The molecule has 1 heterocycles. The highest BCUT2D eigenvalue weighted by molar-refractivity contribution is 6.30. The fraction of sp³-hybridized carbons (Fsp3) is 0.182. The molecule has 0 aliphatic rings. The lowest BCUT2D eigenvalue weighted by Gasteiger charge is -2.13. The van der Waals surface area contributed by atoms with Crippen LogP contribution in [0.3, 0.4) is 0 Å². The van der Waals surface area contributed by atoms with E-state index in [4.69, 9.17) is 11.6 Å². The SMILES string of the molecule is Cc1ccc(Cl)cc1-n1c(C)cc(/C=N/NC(=O)Cc2ccccc2)c1C. The number of nitrogens with one attached hydrogen (secondary N) is 1. The Bertz CT molecular complexity index is 990. The summed E-state index contributed by atoms with van der Waals surface area (Å²) in [4.78, 5) is 12.0. The highest BCUT2D eigenvalue weighted by atomic mass is 35.5. The molecule has 1 aromatic heterocycles. The number of carbonyl (C=O) groups excluding carboxylic acids is 1. The zero-order valence-corrected chi connectivity index (χ0v) is 16.4. The van der Waals surface area contributed by atoms with Crippen LogP contribution in [-0.4, -0.2) is 16.7 Å². The van der Waals surface area contributed by atoms with Gasteiger partial charge in [0, 0.05) is 27.7 Å². The van der Waals surface area contributed by atoms with E-state index in [1.807, 2.05) is 68.4 Å². The molecule has 0 unspecified atom stereocenters. The molecule has 4 nitrogen and oxygen atoms in total. The molecule has 0 bridgehead atoms. The van der Waals surface area contributed by atoms with Crippen LogP contribution in [-0.2, 0) is 11.2 Å². The molecule has 1 N–H and O–H groups in total. The van der Waals surface area contributed by atoms with Gasteiger partial charge in [0.25, 0.3) is 0 Å². The van der Waals surface area contributed by atoms with Gasteiger partial charge in [-0.1, -0.05) is 48.0 Å². The fourth-order valence-corrected chi connectivity index (χ4v) is 3.27. The zero-order chi connectivity index (χ0) is 19.4. The largest absolute Gasteiger partial charge is 0.318 e. The van der Waals surface area contributed by atoms with Crippen molar-refractivity contribution in [2.45, 2.75) is 27.2 Å². The first kappa shape index (κ1) is 18.9. The number of hydrogen-bond acceptors (Lipinski definition) is 2. The van der Waals surface area contributed by atoms with E-state index < -0.39 is 0 Å². The first-order chi connectivity index (χ1) is 13.0. The second-order valence-electron chi connectivity index (χ2n) is 6.55. The lowest BCUT2D eigenvalue weighted by Crippen LogP contribution is -2.19. The Kier molecular flexibility index (Phi) is 5.77. The average Bonchev–Trinajstić information content (AvgIpc) is 2.92. The number of nitrogens with zero attached hydrogens (tertiary/aromatic N) is 2. The van der Waals surface area contributed by atoms with Crippen LogP contribution in [0.5, 0.6) is 0 Å². The van der Waals surface area contributed by atoms with E-state index in [0.29, 0.717) is 11.4 Å². The van der Waals surface area contributed by atoms with Gasteiger partial charge in [-0.05, 0) is 50.1 Å². The van der Waals surface area contributed by atoms with Crippen LogP contribution >= 0.6 is 11.6 Å². The summed E-state index contributed by atoms with van der Waals surface area (Å²) >= 11 is 6.18. The molecule has 0 atom stereocenters. The van der Waals surface area contributed by atoms with Gasteiger partial charge in [-0.3, -0.25) is 4.79 Å². The Morgan fingerprint density at radius 3 is 2.59 bits per heavy atom.